The van der Waals surface area contributed by atoms with Gasteiger partial charge in [0.2, 0.25) is 0 Å². The number of halogens is 4. The second kappa shape index (κ2) is 5.01. The fraction of sp³-hybridized carbons (Fsp3) is 0.143. The van der Waals surface area contributed by atoms with Gasteiger partial charge in [-0.3, -0.25) is 0 Å². The Balaban J connectivity index is 2.37. The number of benzene rings is 2. The van der Waals surface area contributed by atoms with Crippen molar-refractivity contribution in [2.24, 2.45) is 0 Å². The monoisotopic (exact) mass is 270 g/mol. The van der Waals surface area contributed by atoms with E-state index in [9.17, 15) is 17.6 Å². The molecule has 0 unspecified atom stereocenters. The van der Waals surface area contributed by atoms with Crippen molar-refractivity contribution in [2.45, 2.75) is 12.8 Å². The van der Waals surface area contributed by atoms with Crippen molar-refractivity contribution in [3.8, 4) is 11.1 Å². The molecule has 5 heteroatoms. The van der Waals surface area contributed by atoms with Crippen LogP contribution in [0.3, 0.4) is 0 Å². The summed E-state index contributed by atoms with van der Waals surface area (Å²) in [6, 6.07) is 8.62. The Labute approximate surface area is 107 Å². The third kappa shape index (κ3) is 2.93. The molecule has 0 spiro atoms. The minimum atomic E-state index is -4.38. The van der Waals surface area contributed by atoms with Gasteiger partial charge >= 0.3 is 6.18 Å². The van der Waals surface area contributed by atoms with Crippen LogP contribution in [-0.2, 0) is 12.8 Å². The zero-order valence-corrected chi connectivity index (χ0v) is 9.71. The van der Waals surface area contributed by atoms with Crippen molar-refractivity contribution >= 4 is 0 Å². The summed E-state index contributed by atoms with van der Waals surface area (Å²) in [6.07, 6.45) is -4.38. The summed E-state index contributed by atoms with van der Waals surface area (Å²) < 4.78 is 50.4. The molecule has 0 atom stereocenters. The molecule has 0 amide bonds. The van der Waals surface area contributed by atoms with Crippen LogP contribution in [0.2, 0.25) is 0 Å². The molecule has 19 heavy (non-hydrogen) atoms. The first kappa shape index (κ1) is 13.5. The van der Waals surface area contributed by atoms with E-state index in [0.29, 0.717) is 11.1 Å². The Hall–Kier alpha value is -1.88. The lowest BCUT2D eigenvalue weighted by atomic mass is 10.0. The molecule has 1 N–H and O–H groups in total. The zero-order valence-electron chi connectivity index (χ0n) is 9.71. The number of aliphatic hydroxyl groups excluding tert-OH is 1. The molecule has 0 fully saturated rings. The lowest BCUT2D eigenvalue weighted by Gasteiger charge is -2.08. The largest absolute Gasteiger partial charge is 0.416 e. The standard InChI is InChI=1S/C14H10F4O/c15-13-6-3-10(7-11(13)8-19)9-1-4-12(5-2-9)14(16,17)18/h1-7,19H,8H2. The predicted molar refractivity (Wildman–Crippen MR) is 62.8 cm³/mol. The van der Waals surface area contributed by atoms with E-state index in [1.54, 1.807) is 0 Å². The average molecular weight is 270 g/mol. The second-order valence-electron chi connectivity index (χ2n) is 4.04. The maximum atomic E-state index is 13.2. The van der Waals surface area contributed by atoms with Gasteiger partial charge < -0.3 is 5.11 Å². The van der Waals surface area contributed by atoms with Crippen LogP contribution in [-0.4, -0.2) is 5.11 Å². The smallest absolute Gasteiger partial charge is 0.392 e. The molecule has 2 aromatic rings. The van der Waals surface area contributed by atoms with Gasteiger partial charge in [0.1, 0.15) is 5.82 Å². The Kier molecular flexibility index (Phi) is 3.57. The number of rotatable bonds is 2. The average Bonchev–Trinajstić information content (AvgIpc) is 2.38. The van der Waals surface area contributed by atoms with Gasteiger partial charge in [0.15, 0.2) is 0 Å². The van der Waals surface area contributed by atoms with Crippen molar-refractivity contribution in [1.82, 2.24) is 0 Å². The van der Waals surface area contributed by atoms with Gasteiger partial charge in [-0.15, -0.1) is 0 Å². The normalized spacial score (nSPS) is 11.6. The highest BCUT2D eigenvalue weighted by molar-refractivity contribution is 5.64. The highest BCUT2D eigenvalue weighted by atomic mass is 19.4. The molecule has 2 rings (SSSR count). The van der Waals surface area contributed by atoms with Gasteiger partial charge in [-0.25, -0.2) is 4.39 Å². The maximum absolute atomic E-state index is 13.2. The van der Waals surface area contributed by atoms with Crippen LogP contribution >= 0.6 is 0 Å². The molecule has 0 radical (unpaired) electrons. The maximum Gasteiger partial charge on any atom is 0.416 e. The predicted octanol–water partition coefficient (Wildman–Crippen LogP) is 4.00. The van der Waals surface area contributed by atoms with Crippen LogP contribution in [0.5, 0.6) is 0 Å². The Bertz CT molecular complexity index is 573. The molecule has 1 nitrogen and oxygen atoms in total. The summed E-state index contributed by atoms with van der Waals surface area (Å²) >= 11 is 0. The summed E-state index contributed by atoms with van der Waals surface area (Å²) in [5, 5.41) is 8.95. The summed E-state index contributed by atoms with van der Waals surface area (Å²) in [5.74, 6) is -0.543. The lowest BCUT2D eigenvalue weighted by molar-refractivity contribution is -0.137. The first-order valence-electron chi connectivity index (χ1n) is 5.49. The second-order valence-corrected chi connectivity index (χ2v) is 4.04. The summed E-state index contributed by atoms with van der Waals surface area (Å²) in [6.45, 7) is -0.458. The van der Waals surface area contributed by atoms with E-state index in [4.69, 9.17) is 5.11 Å². The van der Waals surface area contributed by atoms with E-state index < -0.39 is 24.2 Å². The van der Waals surface area contributed by atoms with Gasteiger partial charge in [-0.2, -0.15) is 13.2 Å². The molecular formula is C14H10F4O. The Morgan fingerprint density at radius 3 is 2.00 bits per heavy atom. The van der Waals surface area contributed by atoms with Crippen molar-refractivity contribution in [1.29, 1.82) is 0 Å². The van der Waals surface area contributed by atoms with E-state index in [1.807, 2.05) is 0 Å². The third-order valence-corrected chi connectivity index (χ3v) is 2.76. The molecular weight excluding hydrogens is 260 g/mol. The molecule has 0 aliphatic rings. The van der Waals surface area contributed by atoms with E-state index >= 15 is 0 Å². The fourth-order valence-electron chi connectivity index (χ4n) is 1.73. The number of aliphatic hydroxyl groups is 1. The van der Waals surface area contributed by atoms with Crippen LogP contribution < -0.4 is 0 Å². The highest BCUT2D eigenvalue weighted by Gasteiger charge is 2.29. The molecule has 0 aliphatic heterocycles. The number of hydrogen-bond donors (Lipinski definition) is 1. The van der Waals surface area contributed by atoms with Crippen molar-refractivity contribution in [3.63, 3.8) is 0 Å². The highest BCUT2D eigenvalue weighted by Crippen LogP contribution is 2.31. The van der Waals surface area contributed by atoms with Crippen molar-refractivity contribution in [2.75, 3.05) is 0 Å². The molecule has 100 valence electrons. The van der Waals surface area contributed by atoms with Gasteiger partial charge in [0, 0.05) is 5.56 Å². The molecule has 0 aromatic heterocycles. The van der Waals surface area contributed by atoms with Crippen LogP contribution in [0.1, 0.15) is 11.1 Å². The minimum Gasteiger partial charge on any atom is -0.392 e. The molecule has 0 bridgehead atoms. The van der Waals surface area contributed by atoms with E-state index in [-0.39, 0.29) is 5.56 Å². The van der Waals surface area contributed by atoms with Gasteiger partial charge in [0.05, 0.1) is 12.2 Å². The Morgan fingerprint density at radius 1 is 0.895 bits per heavy atom. The van der Waals surface area contributed by atoms with E-state index in [0.717, 1.165) is 12.1 Å². The molecule has 2 aromatic carbocycles. The van der Waals surface area contributed by atoms with Gasteiger partial charge in [0.25, 0.3) is 0 Å². The fourth-order valence-corrected chi connectivity index (χ4v) is 1.73. The quantitative estimate of drug-likeness (QED) is 0.818. The van der Waals surface area contributed by atoms with Gasteiger partial charge in [-0.05, 0) is 35.4 Å². The molecule has 0 saturated carbocycles. The SMILES string of the molecule is OCc1cc(-c2ccc(C(F)(F)F)cc2)ccc1F. The first-order chi connectivity index (χ1) is 8.91. The topological polar surface area (TPSA) is 20.2 Å². The Morgan fingerprint density at radius 2 is 1.47 bits per heavy atom. The molecule has 0 saturated heterocycles. The third-order valence-electron chi connectivity index (χ3n) is 2.76. The first-order valence-corrected chi connectivity index (χ1v) is 5.49. The summed E-state index contributed by atoms with van der Waals surface area (Å²) in [5.41, 5.74) is 0.458. The molecule has 0 aliphatic carbocycles. The van der Waals surface area contributed by atoms with E-state index in [1.165, 1.54) is 30.3 Å². The van der Waals surface area contributed by atoms with Gasteiger partial charge in [-0.1, -0.05) is 18.2 Å². The zero-order chi connectivity index (χ0) is 14.0. The minimum absolute atomic E-state index is 0.109. The van der Waals surface area contributed by atoms with Crippen LogP contribution in [0.25, 0.3) is 11.1 Å². The molecule has 0 heterocycles. The van der Waals surface area contributed by atoms with Crippen LogP contribution in [0.4, 0.5) is 17.6 Å². The van der Waals surface area contributed by atoms with Crippen LogP contribution in [0.15, 0.2) is 42.5 Å². The number of hydrogen-bond acceptors (Lipinski definition) is 1. The number of alkyl halides is 3. The summed E-state index contributed by atoms with van der Waals surface area (Å²) in [4.78, 5) is 0. The van der Waals surface area contributed by atoms with Crippen molar-refractivity contribution < 1.29 is 22.7 Å². The lowest BCUT2D eigenvalue weighted by Crippen LogP contribution is -2.04. The summed E-state index contributed by atoms with van der Waals surface area (Å²) in [7, 11) is 0. The van der Waals surface area contributed by atoms with Crippen LogP contribution in [0, 0.1) is 5.82 Å². The van der Waals surface area contributed by atoms with Crippen molar-refractivity contribution in [3.05, 3.63) is 59.4 Å². The van der Waals surface area contributed by atoms with E-state index in [2.05, 4.69) is 0 Å².